The van der Waals surface area contributed by atoms with E-state index in [0.29, 0.717) is 29.7 Å². The molecule has 16 heavy (non-hydrogen) atoms. The maximum Gasteiger partial charge on any atom is 0.339 e. The summed E-state index contributed by atoms with van der Waals surface area (Å²) in [5.74, 6) is 1.86. The fourth-order valence-electron chi connectivity index (χ4n) is 1.15. The van der Waals surface area contributed by atoms with E-state index in [0.717, 1.165) is 0 Å². The van der Waals surface area contributed by atoms with E-state index in [-0.39, 0.29) is 5.56 Å². The Hall–Kier alpha value is -1.47. The number of hydrogen-bond acceptors (Lipinski definition) is 2. The van der Waals surface area contributed by atoms with Gasteiger partial charge < -0.3 is 9.84 Å². The normalized spacial score (nSPS) is 9.50. The van der Waals surface area contributed by atoms with Gasteiger partial charge in [0.1, 0.15) is 11.3 Å². The standard InChI is InChI=1S/C12H11BrO3/c1-2-3-4-7-16-11-6-5-9(13)8-10(11)12(14)15/h1,5-6,8H,3-4,7H2,(H,14,15). The molecule has 0 saturated carbocycles. The van der Waals surface area contributed by atoms with Crippen LogP contribution in [0.25, 0.3) is 0 Å². The zero-order chi connectivity index (χ0) is 12.0. The second kappa shape index (κ2) is 6.19. The molecule has 0 spiro atoms. The molecular formula is C12H11BrO3. The summed E-state index contributed by atoms with van der Waals surface area (Å²) in [7, 11) is 0. The highest BCUT2D eigenvalue weighted by Crippen LogP contribution is 2.23. The van der Waals surface area contributed by atoms with Gasteiger partial charge >= 0.3 is 5.97 Å². The van der Waals surface area contributed by atoms with Crippen LogP contribution in [0.4, 0.5) is 0 Å². The Morgan fingerprint density at radius 1 is 1.56 bits per heavy atom. The molecule has 1 rings (SSSR count). The first-order chi connectivity index (χ1) is 7.65. The summed E-state index contributed by atoms with van der Waals surface area (Å²) in [6.07, 6.45) is 6.44. The van der Waals surface area contributed by atoms with E-state index in [9.17, 15) is 4.79 Å². The van der Waals surface area contributed by atoms with Gasteiger partial charge in [-0.25, -0.2) is 4.79 Å². The molecule has 0 bridgehead atoms. The number of carbonyl (C=O) groups is 1. The van der Waals surface area contributed by atoms with Crippen molar-refractivity contribution in [2.75, 3.05) is 6.61 Å². The number of rotatable bonds is 5. The summed E-state index contributed by atoms with van der Waals surface area (Å²) in [6.45, 7) is 0.423. The highest BCUT2D eigenvalue weighted by Gasteiger charge is 2.11. The van der Waals surface area contributed by atoms with Crippen LogP contribution in [0.15, 0.2) is 22.7 Å². The second-order valence-electron chi connectivity index (χ2n) is 3.10. The number of terminal acetylenes is 1. The Morgan fingerprint density at radius 3 is 2.94 bits per heavy atom. The molecule has 1 aromatic carbocycles. The van der Waals surface area contributed by atoms with Crippen molar-refractivity contribution >= 4 is 21.9 Å². The smallest absolute Gasteiger partial charge is 0.339 e. The molecule has 4 heteroatoms. The Morgan fingerprint density at radius 2 is 2.31 bits per heavy atom. The second-order valence-corrected chi connectivity index (χ2v) is 4.02. The summed E-state index contributed by atoms with van der Waals surface area (Å²) in [5.41, 5.74) is 0.148. The minimum Gasteiger partial charge on any atom is -0.493 e. The van der Waals surface area contributed by atoms with E-state index in [2.05, 4.69) is 21.9 Å². The first kappa shape index (κ1) is 12.6. The number of carboxylic acid groups (broad SMARTS) is 1. The maximum absolute atomic E-state index is 10.9. The molecule has 0 saturated heterocycles. The maximum atomic E-state index is 10.9. The molecule has 0 radical (unpaired) electrons. The number of carboxylic acids is 1. The van der Waals surface area contributed by atoms with Gasteiger partial charge in [0.25, 0.3) is 0 Å². The molecule has 0 unspecified atom stereocenters. The van der Waals surface area contributed by atoms with Crippen molar-refractivity contribution in [1.82, 2.24) is 0 Å². The third-order valence-electron chi connectivity index (χ3n) is 1.90. The molecule has 0 aliphatic heterocycles. The van der Waals surface area contributed by atoms with Crippen molar-refractivity contribution in [2.24, 2.45) is 0 Å². The van der Waals surface area contributed by atoms with E-state index >= 15 is 0 Å². The van der Waals surface area contributed by atoms with Gasteiger partial charge in [-0.05, 0) is 24.6 Å². The van der Waals surface area contributed by atoms with Gasteiger partial charge in [-0.2, -0.15) is 0 Å². The van der Waals surface area contributed by atoms with Crippen LogP contribution in [0.5, 0.6) is 5.75 Å². The fourth-order valence-corrected chi connectivity index (χ4v) is 1.51. The number of halogens is 1. The average Bonchev–Trinajstić information content (AvgIpc) is 2.26. The highest BCUT2D eigenvalue weighted by molar-refractivity contribution is 9.10. The molecule has 1 aromatic rings. The minimum absolute atomic E-state index is 0.148. The number of hydrogen-bond donors (Lipinski definition) is 1. The third kappa shape index (κ3) is 3.59. The van der Waals surface area contributed by atoms with Gasteiger partial charge in [0.05, 0.1) is 6.61 Å². The van der Waals surface area contributed by atoms with E-state index in [1.807, 2.05) is 0 Å². The monoisotopic (exact) mass is 282 g/mol. The molecule has 0 heterocycles. The van der Waals surface area contributed by atoms with Gasteiger partial charge in [0, 0.05) is 10.9 Å². The Labute approximate surface area is 103 Å². The van der Waals surface area contributed by atoms with Crippen LogP contribution in [-0.2, 0) is 0 Å². The molecule has 0 aromatic heterocycles. The van der Waals surface area contributed by atoms with Crippen molar-refractivity contribution < 1.29 is 14.6 Å². The van der Waals surface area contributed by atoms with E-state index in [4.69, 9.17) is 16.3 Å². The number of benzene rings is 1. The van der Waals surface area contributed by atoms with Gasteiger partial charge in [0.15, 0.2) is 0 Å². The van der Waals surface area contributed by atoms with Crippen LogP contribution in [0.1, 0.15) is 23.2 Å². The molecular weight excluding hydrogens is 272 g/mol. The number of unbranched alkanes of at least 4 members (excludes halogenated alkanes) is 1. The van der Waals surface area contributed by atoms with Crippen LogP contribution in [0, 0.1) is 12.3 Å². The lowest BCUT2D eigenvalue weighted by atomic mass is 10.2. The van der Waals surface area contributed by atoms with Gasteiger partial charge in [-0.3, -0.25) is 0 Å². The Bertz CT molecular complexity index is 421. The van der Waals surface area contributed by atoms with Crippen molar-refractivity contribution in [2.45, 2.75) is 12.8 Å². The predicted octanol–water partition coefficient (Wildman–Crippen LogP) is 2.94. The summed E-state index contributed by atoms with van der Waals surface area (Å²) >= 11 is 3.21. The zero-order valence-corrected chi connectivity index (χ0v) is 10.2. The summed E-state index contributed by atoms with van der Waals surface area (Å²) in [6, 6.07) is 4.88. The van der Waals surface area contributed by atoms with Gasteiger partial charge in [0.2, 0.25) is 0 Å². The molecule has 0 atom stereocenters. The van der Waals surface area contributed by atoms with Crippen molar-refractivity contribution in [3.05, 3.63) is 28.2 Å². The number of aromatic carboxylic acids is 1. The van der Waals surface area contributed by atoms with Crippen LogP contribution in [-0.4, -0.2) is 17.7 Å². The molecule has 0 amide bonds. The summed E-state index contributed by atoms with van der Waals surface area (Å²) < 4.78 is 6.07. The van der Waals surface area contributed by atoms with E-state index in [1.54, 1.807) is 12.1 Å². The first-order valence-electron chi connectivity index (χ1n) is 4.74. The van der Waals surface area contributed by atoms with Crippen molar-refractivity contribution in [3.8, 4) is 18.1 Å². The molecule has 84 valence electrons. The average molecular weight is 283 g/mol. The van der Waals surface area contributed by atoms with Crippen molar-refractivity contribution in [1.29, 1.82) is 0 Å². The lowest BCUT2D eigenvalue weighted by Crippen LogP contribution is -2.04. The van der Waals surface area contributed by atoms with Crippen molar-refractivity contribution in [3.63, 3.8) is 0 Å². The third-order valence-corrected chi connectivity index (χ3v) is 2.39. The molecule has 0 aliphatic carbocycles. The van der Waals surface area contributed by atoms with Gasteiger partial charge in [-0.1, -0.05) is 15.9 Å². The summed E-state index contributed by atoms with van der Waals surface area (Å²) in [5, 5.41) is 8.96. The predicted molar refractivity (Wildman–Crippen MR) is 64.7 cm³/mol. The molecule has 0 fully saturated rings. The Kier molecular flexibility index (Phi) is 4.87. The molecule has 3 nitrogen and oxygen atoms in total. The van der Waals surface area contributed by atoms with E-state index < -0.39 is 5.97 Å². The van der Waals surface area contributed by atoms with Crippen LogP contribution in [0.2, 0.25) is 0 Å². The molecule has 1 N–H and O–H groups in total. The number of ether oxygens (including phenoxy) is 1. The lowest BCUT2D eigenvalue weighted by Gasteiger charge is -2.08. The van der Waals surface area contributed by atoms with Crippen LogP contribution in [0.3, 0.4) is 0 Å². The van der Waals surface area contributed by atoms with E-state index in [1.165, 1.54) is 6.07 Å². The Balaban J connectivity index is 2.72. The topological polar surface area (TPSA) is 46.5 Å². The lowest BCUT2D eigenvalue weighted by molar-refractivity contribution is 0.0692. The zero-order valence-electron chi connectivity index (χ0n) is 8.57. The minimum atomic E-state index is -1.01. The highest BCUT2D eigenvalue weighted by atomic mass is 79.9. The summed E-state index contributed by atoms with van der Waals surface area (Å²) in [4.78, 5) is 10.9. The van der Waals surface area contributed by atoms with Gasteiger partial charge in [-0.15, -0.1) is 12.3 Å². The fraction of sp³-hybridized carbons (Fsp3) is 0.250. The first-order valence-corrected chi connectivity index (χ1v) is 5.53. The SMILES string of the molecule is C#CCCCOc1ccc(Br)cc1C(=O)O. The van der Waals surface area contributed by atoms with Crippen LogP contribution < -0.4 is 4.74 Å². The van der Waals surface area contributed by atoms with Crippen LogP contribution >= 0.6 is 15.9 Å². The largest absolute Gasteiger partial charge is 0.493 e. The quantitative estimate of drug-likeness (QED) is 0.667. The molecule has 0 aliphatic rings.